The molecule has 7 nitrogen and oxygen atoms in total. The van der Waals surface area contributed by atoms with Crippen molar-refractivity contribution >= 4 is 17.2 Å². The van der Waals surface area contributed by atoms with Crippen LogP contribution in [0.1, 0.15) is 33.9 Å². The quantitative estimate of drug-likeness (QED) is 0.730. The fourth-order valence-electron chi connectivity index (χ4n) is 2.89. The summed E-state index contributed by atoms with van der Waals surface area (Å²) in [5, 5.41) is 11.3. The first-order valence-electron chi connectivity index (χ1n) is 7.87. The molecule has 0 fully saturated rings. The first-order chi connectivity index (χ1) is 11.7. The normalized spacial score (nSPS) is 14.0. The van der Waals surface area contributed by atoms with E-state index in [1.807, 2.05) is 12.3 Å². The molecule has 3 aromatic heterocycles. The summed E-state index contributed by atoms with van der Waals surface area (Å²) in [5.41, 5.74) is 1.31. The maximum atomic E-state index is 12.7. The summed E-state index contributed by atoms with van der Waals surface area (Å²) in [6.45, 7) is 5.85. The lowest BCUT2D eigenvalue weighted by molar-refractivity contribution is 0.0705. The molecule has 1 aliphatic rings. The molecule has 0 saturated heterocycles. The lowest BCUT2D eigenvalue weighted by atomic mass is 10.2. The number of carbonyl (C=O) groups is 1. The number of thiazole rings is 1. The van der Waals surface area contributed by atoms with E-state index < -0.39 is 0 Å². The van der Waals surface area contributed by atoms with Crippen molar-refractivity contribution in [1.29, 1.82) is 0 Å². The van der Waals surface area contributed by atoms with Crippen molar-refractivity contribution in [1.82, 2.24) is 24.6 Å². The zero-order valence-corrected chi connectivity index (χ0v) is 14.3. The van der Waals surface area contributed by atoms with Crippen LogP contribution in [-0.2, 0) is 19.5 Å². The number of furan rings is 1. The van der Waals surface area contributed by atoms with Crippen LogP contribution in [0, 0.1) is 6.92 Å². The van der Waals surface area contributed by atoms with Crippen molar-refractivity contribution in [2.75, 3.05) is 6.54 Å². The first-order valence-corrected chi connectivity index (χ1v) is 8.75. The van der Waals surface area contributed by atoms with Crippen LogP contribution in [-0.4, -0.2) is 37.1 Å². The second-order valence-corrected chi connectivity index (χ2v) is 6.78. The average molecular weight is 343 g/mol. The number of amides is 1. The number of fused-ring (bicyclic) bond motifs is 1. The van der Waals surface area contributed by atoms with Crippen LogP contribution < -0.4 is 0 Å². The highest BCUT2D eigenvalue weighted by Gasteiger charge is 2.26. The van der Waals surface area contributed by atoms with E-state index in [4.69, 9.17) is 4.42 Å². The van der Waals surface area contributed by atoms with Crippen molar-refractivity contribution in [3.63, 3.8) is 0 Å². The van der Waals surface area contributed by atoms with Crippen LogP contribution >= 0.6 is 11.3 Å². The molecule has 0 atom stereocenters. The summed E-state index contributed by atoms with van der Waals surface area (Å²) in [7, 11) is 0. The minimum atomic E-state index is -0.0516. The van der Waals surface area contributed by atoms with Gasteiger partial charge in [-0.1, -0.05) is 6.92 Å². The van der Waals surface area contributed by atoms with Gasteiger partial charge in [0.05, 0.1) is 17.1 Å². The van der Waals surface area contributed by atoms with Crippen molar-refractivity contribution in [2.45, 2.75) is 33.4 Å². The van der Waals surface area contributed by atoms with Gasteiger partial charge in [-0.05, 0) is 13.0 Å². The number of aryl methyl sites for hydroxylation is 2. The van der Waals surface area contributed by atoms with Gasteiger partial charge in [-0.3, -0.25) is 4.79 Å². The third kappa shape index (κ3) is 2.52. The molecule has 8 heteroatoms. The Bertz CT molecular complexity index is 894. The van der Waals surface area contributed by atoms with Crippen LogP contribution in [0.5, 0.6) is 0 Å². The summed E-state index contributed by atoms with van der Waals surface area (Å²) in [6, 6.07) is 1.76. The molecule has 3 aromatic rings. The van der Waals surface area contributed by atoms with E-state index in [-0.39, 0.29) is 5.91 Å². The Morgan fingerprint density at radius 3 is 3.00 bits per heavy atom. The Balaban J connectivity index is 1.53. The van der Waals surface area contributed by atoms with E-state index >= 15 is 0 Å². The van der Waals surface area contributed by atoms with Gasteiger partial charge in [0.1, 0.15) is 17.8 Å². The van der Waals surface area contributed by atoms with Crippen molar-refractivity contribution in [3.8, 4) is 11.5 Å². The zero-order valence-electron chi connectivity index (χ0n) is 13.5. The average Bonchev–Trinajstić information content (AvgIpc) is 3.32. The summed E-state index contributed by atoms with van der Waals surface area (Å²) in [5.74, 6) is 2.38. The summed E-state index contributed by atoms with van der Waals surface area (Å²) < 4.78 is 7.63. The first kappa shape index (κ1) is 15.1. The Morgan fingerprint density at radius 1 is 1.38 bits per heavy atom. The summed E-state index contributed by atoms with van der Waals surface area (Å²) in [4.78, 5) is 18.9. The highest BCUT2D eigenvalue weighted by atomic mass is 32.1. The number of hydrogen-bond donors (Lipinski definition) is 0. The molecular weight excluding hydrogens is 326 g/mol. The fourth-order valence-corrected chi connectivity index (χ4v) is 3.50. The minimum absolute atomic E-state index is 0.0516. The van der Waals surface area contributed by atoms with Crippen molar-refractivity contribution < 1.29 is 9.21 Å². The molecule has 0 radical (unpaired) electrons. The van der Waals surface area contributed by atoms with Gasteiger partial charge in [0.15, 0.2) is 11.6 Å². The number of rotatable bonds is 3. The molecule has 0 spiro atoms. The summed E-state index contributed by atoms with van der Waals surface area (Å²) >= 11 is 1.56. The van der Waals surface area contributed by atoms with E-state index in [2.05, 4.69) is 26.7 Å². The number of carbonyl (C=O) groups excluding carboxylic acids is 1. The second-order valence-electron chi connectivity index (χ2n) is 5.72. The van der Waals surface area contributed by atoms with Gasteiger partial charge in [-0.25, -0.2) is 4.98 Å². The Morgan fingerprint density at radius 2 is 2.25 bits per heavy atom. The highest BCUT2D eigenvalue weighted by Crippen LogP contribution is 2.25. The molecule has 0 unspecified atom stereocenters. The minimum Gasteiger partial charge on any atom is -0.462 e. The van der Waals surface area contributed by atoms with Gasteiger partial charge in [-0.15, -0.1) is 21.5 Å². The lowest BCUT2D eigenvalue weighted by Crippen LogP contribution is -2.38. The number of aromatic nitrogens is 4. The van der Waals surface area contributed by atoms with Crippen LogP contribution in [0.25, 0.3) is 11.5 Å². The predicted molar refractivity (Wildman–Crippen MR) is 88.7 cm³/mol. The molecule has 4 heterocycles. The van der Waals surface area contributed by atoms with Crippen LogP contribution in [0.2, 0.25) is 0 Å². The molecule has 0 aliphatic carbocycles. The van der Waals surface area contributed by atoms with Gasteiger partial charge in [0, 0.05) is 24.9 Å². The van der Waals surface area contributed by atoms with Crippen LogP contribution in [0.4, 0.5) is 0 Å². The smallest absolute Gasteiger partial charge is 0.257 e. The van der Waals surface area contributed by atoms with Gasteiger partial charge in [0.2, 0.25) is 0 Å². The Kier molecular flexibility index (Phi) is 3.68. The molecular formula is C16H17N5O2S. The Labute approximate surface area is 142 Å². The molecule has 124 valence electrons. The van der Waals surface area contributed by atoms with Crippen LogP contribution in [0.15, 0.2) is 22.1 Å². The highest BCUT2D eigenvalue weighted by molar-refractivity contribution is 7.09. The summed E-state index contributed by atoms with van der Waals surface area (Å²) in [6.07, 6.45) is 2.35. The van der Waals surface area contributed by atoms with Crippen molar-refractivity contribution in [3.05, 3.63) is 39.9 Å². The van der Waals surface area contributed by atoms with E-state index in [0.29, 0.717) is 24.4 Å². The lowest BCUT2D eigenvalue weighted by Gasteiger charge is -2.27. The van der Waals surface area contributed by atoms with E-state index in [0.717, 1.165) is 35.3 Å². The van der Waals surface area contributed by atoms with Gasteiger partial charge < -0.3 is 13.9 Å². The third-order valence-electron chi connectivity index (χ3n) is 4.15. The van der Waals surface area contributed by atoms with Gasteiger partial charge in [-0.2, -0.15) is 0 Å². The fraction of sp³-hybridized carbons (Fsp3) is 0.375. The molecule has 0 saturated carbocycles. The van der Waals surface area contributed by atoms with Crippen LogP contribution in [0.3, 0.4) is 0 Å². The molecule has 0 N–H and O–H groups in total. The van der Waals surface area contributed by atoms with E-state index in [9.17, 15) is 4.79 Å². The molecule has 0 bridgehead atoms. The van der Waals surface area contributed by atoms with Gasteiger partial charge in [0.25, 0.3) is 5.91 Å². The predicted octanol–water partition coefficient (Wildman–Crippen LogP) is 2.52. The third-order valence-corrected chi connectivity index (χ3v) is 4.92. The SMILES string of the molecule is CCc1nnc2n1CCN(C(=O)c1coc(-c3csc(C)n3)c1)C2. The van der Waals surface area contributed by atoms with E-state index in [1.54, 1.807) is 22.3 Å². The monoisotopic (exact) mass is 343 g/mol. The largest absolute Gasteiger partial charge is 0.462 e. The molecule has 24 heavy (non-hydrogen) atoms. The molecule has 1 amide bonds. The molecule has 4 rings (SSSR count). The van der Waals surface area contributed by atoms with Crippen molar-refractivity contribution in [2.24, 2.45) is 0 Å². The topological polar surface area (TPSA) is 77.0 Å². The second kappa shape index (κ2) is 5.86. The molecule has 1 aliphatic heterocycles. The molecule has 0 aromatic carbocycles. The zero-order chi connectivity index (χ0) is 16.7. The number of hydrogen-bond acceptors (Lipinski definition) is 6. The standard InChI is InChI=1S/C16H17N5O2S/c1-3-14-18-19-15-7-20(4-5-21(14)15)16(22)11-6-13(23-8-11)12-9-24-10(2)17-12/h6,8-9H,3-5,7H2,1-2H3. The Hall–Kier alpha value is -2.48. The maximum Gasteiger partial charge on any atom is 0.257 e. The van der Waals surface area contributed by atoms with Gasteiger partial charge >= 0.3 is 0 Å². The number of nitrogens with zero attached hydrogens (tertiary/aromatic N) is 5. The van der Waals surface area contributed by atoms with E-state index in [1.165, 1.54) is 6.26 Å². The maximum absolute atomic E-state index is 12.7.